The molecular weight excluding hydrogens is 1580 g/mol. The van der Waals surface area contributed by atoms with Crippen molar-refractivity contribution in [1.29, 1.82) is 0 Å². The summed E-state index contributed by atoms with van der Waals surface area (Å²) in [6, 6.07) is -3.38. The van der Waals surface area contributed by atoms with Crippen LogP contribution in [0.25, 0.3) is 32.7 Å². The highest BCUT2D eigenvalue weighted by molar-refractivity contribution is 7.89. The van der Waals surface area contributed by atoms with Crippen molar-refractivity contribution >= 4 is 102 Å². The maximum atomic E-state index is 14.0. The van der Waals surface area contributed by atoms with E-state index in [1.54, 1.807) is 0 Å². The van der Waals surface area contributed by atoms with Gasteiger partial charge in [0.1, 0.15) is 11.5 Å². The molecule has 0 aliphatic carbocycles. The van der Waals surface area contributed by atoms with Crippen LogP contribution >= 0.6 is 0 Å². The van der Waals surface area contributed by atoms with Gasteiger partial charge in [0, 0.05) is 46.2 Å². The maximum absolute atomic E-state index is 14.0. The van der Waals surface area contributed by atoms with E-state index in [2.05, 4.69) is 33.5 Å². The molecule has 26 nitrogen and oxygen atoms in total. The number of hydrogen-bond acceptors (Lipinski definition) is 26. The van der Waals surface area contributed by atoms with Gasteiger partial charge in [0.05, 0.1) is 25.0 Å². The van der Waals surface area contributed by atoms with E-state index in [-0.39, 0.29) is 14.2 Å². The largest absolute Gasteiger partial charge is 0.496 e. The van der Waals surface area contributed by atoms with Gasteiger partial charge in [-0.3, -0.25) is 0 Å². The molecule has 0 saturated carbocycles. The molecule has 0 amide bonds. The molecule has 58 heteroatoms. The Balaban J connectivity index is 2.90. The van der Waals surface area contributed by atoms with Crippen LogP contribution in [0, 0.1) is 0 Å². The SMILES string of the molecule is COc1cc(OS(=O)(=O)CC(F)(F)F)c2c(OS(=O)(=O)CC(F)(F)F)c(OS(=O)(=O)CC(F)(F)F)cc(OS(=O)(=O)CC(F)(F)F)c2c1-c1c(OC)cc(OS(=O)(=O)CC(F)(F)F)c2c(OS(=O)(=O)CC(F)(F)F)c(OS(=O)(=O)CC(F)(F)F)cc(OS(=O)(=O)CC(F)(F)F)c12. The molecule has 0 aliphatic heterocycles. The summed E-state index contributed by atoms with van der Waals surface area (Å²) < 4.78 is 588. The van der Waals surface area contributed by atoms with E-state index in [1.807, 2.05) is 0 Å². The van der Waals surface area contributed by atoms with Crippen LogP contribution in [0.4, 0.5) is 105 Å². The standard InChI is InChI=1S/C38H26F24O26S8/c1-79-15-3-19(83-91(67,68)9-33(45,46)47)27-25(17(81-89(63,64)7-31(39,40)41)5-21(85-93(71,72)11-35(51,52)53)29(27)87-95(75,76)13-37(57,58)59)23(15)24-16(80-2)4-20(84-92(69,70)10-34(48,49)50)28-26(24)18(82-90(65,66)8-32(42,43)44)6-22(86-94(73,74)12-36(54,55)56)30(28)88-96(77,78)14-38(60,61)62/h3-6H,7-14H2,1-2H3. The van der Waals surface area contributed by atoms with Gasteiger partial charge in [-0.05, 0) is 0 Å². The zero-order valence-electron chi connectivity index (χ0n) is 44.9. The van der Waals surface area contributed by atoms with Crippen molar-refractivity contribution in [2.75, 3.05) is 60.2 Å². The summed E-state index contributed by atoms with van der Waals surface area (Å²) in [6.45, 7) is 0. The number of fused-ring (bicyclic) bond motifs is 2. The van der Waals surface area contributed by atoms with Crippen LogP contribution < -0.4 is 42.9 Å². The first kappa shape index (κ1) is 81.7. The van der Waals surface area contributed by atoms with Crippen molar-refractivity contribution in [3.8, 4) is 68.6 Å². The number of hydrogen-bond donors (Lipinski definition) is 0. The lowest BCUT2D eigenvalue weighted by Crippen LogP contribution is -2.29. The Morgan fingerprint density at radius 3 is 0.542 bits per heavy atom. The zero-order chi connectivity index (χ0) is 74.8. The Hall–Kier alpha value is -6.68. The van der Waals surface area contributed by atoms with E-state index in [9.17, 15) is 173 Å². The molecule has 0 N–H and O–H groups in total. The number of alkyl halides is 24. The molecule has 0 aromatic heterocycles. The molecule has 4 aromatic rings. The second-order valence-corrected chi connectivity index (χ2v) is 30.6. The number of ether oxygens (including phenoxy) is 2. The van der Waals surface area contributed by atoms with Crippen LogP contribution in [-0.2, 0) is 80.9 Å². The molecular formula is C38H26F24O26S8. The van der Waals surface area contributed by atoms with E-state index in [0.717, 1.165) is 0 Å². The first-order valence-electron chi connectivity index (χ1n) is 22.6. The molecule has 0 unspecified atom stereocenters. The third-order valence-corrected chi connectivity index (χ3v) is 18.5. The first-order chi connectivity index (χ1) is 42.2. The lowest BCUT2D eigenvalue weighted by atomic mass is 9.89. The van der Waals surface area contributed by atoms with Gasteiger partial charge >= 0.3 is 130 Å². The fraction of sp³-hybridized carbons (Fsp3) is 0.474. The lowest BCUT2D eigenvalue weighted by molar-refractivity contribution is -0.108. The Labute approximate surface area is 518 Å². The van der Waals surface area contributed by atoms with Gasteiger partial charge in [0.25, 0.3) is 0 Å². The van der Waals surface area contributed by atoms with Gasteiger partial charge in [-0.25, -0.2) is 0 Å². The maximum Gasteiger partial charge on any atom is 0.406 e. The normalized spacial score (nSPS) is 14.3. The van der Waals surface area contributed by atoms with Crippen LogP contribution in [0.5, 0.6) is 57.5 Å². The first-order valence-corrected chi connectivity index (χ1v) is 35.2. The summed E-state index contributed by atoms with van der Waals surface area (Å²) in [7, 11) is -56.3. The summed E-state index contributed by atoms with van der Waals surface area (Å²) >= 11 is 0. The molecule has 0 atom stereocenters. The zero-order valence-corrected chi connectivity index (χ0v) is 51.4. The van der Waals surface area contributed by atoms with E-state index < -0.39 is 291 Å². The highest BCUT2D eigenvalue weighted by atomic mass is 32.3. The van der Waals surface area contributed by atoms with E-state index in [4.69, 9.17) is 9.47 Å². The molecule has 0 saturated heterocycles. The molecule has 4 aromatic carbocycles. The second kappa shape index (κ2) is 26.5. The monoisotopic (exact) mass is 1610 g/mol. The molecule has 0 spiro atoms. The molecule has 96 heavy (non-hydrogen) atoms. The molecule has 0 aliphatic rings. The van der Waals surface area contributed by atoms with Crippen LogP contribution in [-0.4, -0.2) is 177 Å². The predicted octanol–water partition coefficient (Wildman–Crippen LogP) is 7.84. The van der Waals surface area contributed by atoms with Gasteiger partial charge in [0.2, 0.25) is 0 Å². The highest BCUT2D eigenvalue weighted by Crippen LogP contribution is 2.61. The Morgan fingerprint density at radius 1 is 0.229 bits per heavy atom. The molecule has 0 heterocycles. The van der Waals surface area contributed by atoms with E-state index >= 15 is 0 Å². The van der Waals surface area contributed by atoms with Crippen molar-refractivity contribution in [2.24, 2.45) is 0 Å². The molecule has 0 radical (unpaired) electrons. The quantitative estimate of drug-likeness (QED) is 0.0405. The molecule has 0 fully saturated rings. The number of halogens is 24. The minimum Gasteiger partial charge on any atom is -0.496 e. The Bertz CT molecular complexity index is 4320. The van der Waals surface area contributed by atoms with Gasteiger partial charge < -0.3 is 42.9 Å². The summed E-state index contributed by atoms with van der Waals surface area (Å²) in [4.78, 5) is 0. The fourth-order valence-corrected chi connectivity index (χ4v) is 14.2. The summed E-state index contributed by atoms with van der Waals surface area (Å²) in [6.07, 6.45) is -50.1. The smallest absolute Gasteiger partial charge is 0.406 e. The Morgan fingerprint density at radius 2 is 0.375 bits per heavy atom. The number of rotatable bonds is 27. The van der Waals surface area contributed by atoms with Gasteiger partial charge in [-0.15, -0.1) is 0 Å². The highest BCUT2D eigenvalue weighted by Gasteiger charge is 2.48. The summed E-state index contributed by atoms with van der Waals surface area (Å²) in [5.74, 6) is -55.5. The van der Waals surface area contributed by atoms with Crippen LogP contribution in [0.1, 0.15) is 0 Å². The van der Waals surface area contributed by atoms with Crippen LogP contribution in [0.2, 0.25) is 0 Å². The minimum atomic E-state index is -7.13. The van der Waals surface area contributed by atoms with Crippen molar-refractivity contribution < 1.29 is 216 Å². The third kappa shape index (κ3) is 25.0. The second-order valence-electron chi connectivity index (χ2n) is 18.0. The summed E-state index contributed by atoms with van der Waals surface area (Å²) in [5, 5.41) is -10.9. The average Bonchev–Trinajstić information content (AvgIpc) is 0.708. The minimum absolute atomic E-state index is 0.0112. The third-order valence-electron chi connectivity index (χ3n) is 9.56. The van der Waals surface area contributed by atoms with Gasteiger partial charge in [-0.2, -0.15) is 173 Å². The van der Waals surface area contributed by atoms with E-state index in [0.29, 0.717) is 0 Å². The molecule has 0 bridgehead atoms. The van der Waals surface area contributed by atoms with Gasteiger partial charge in [0.15, 0.2) is 92.0 Å². The van der Waals surface area contributed by atoms with E-state index in [1.165, 1.54) is 0 Å². The lowest BCUT2D eigenvalue weighted by Gasteiger charge is -2.26. The number of methoxy groups -OCH3 is 2. The van der Waals surface area contributed by atoms with Crippen molar-refractivity contribution in [3.05, 3.63) is 24.3 Å². The summed E-state index contributed by atoms with van der Waals surface area (Å²) in [5.41, 5.74) is -4.78. The van der Waals surface area contributed by atoms with Crippen LogP contribution in [0.3, 0.4) is 0 Å². The molecule has 4 rings (SSSR count). The number of benzene rings is 4. The topological polar surface area (TPSA) is 365 Å². The Kier molecular flexibility index (Phi) is 22.6. The van der Waals surface area contributed by atoms with Crippen LogP contribution in [0.15, 0.2) is 24.3 Å². The van der Waals surface area contributed by atoms with Crippen molar-refractivity contribution in [2.45, 2.75) is 49.4 Å². The average molecular weight is 1610 g/mol. The van der Waals surface area contributed by atoms with Crippen molar-refractivity contribution in [1.82, 2.24) is 0 Å². The van der Waals surface area contributed by atoms with Crippen molar-refractivity contribution in [3.63, 3.8) is 0 Å². The predicted molar refractivity (Wildman–Crippen MR) is 264 cm³/mol. The van der Waals surface area contributed by atoms with Gasteiger partial charge in [-0.1, -0.05) is 0 Å². The fourth-order valence-electron chi connectivity index (χ4n) is 7.26. The molecule has 550 valence electrons.